The summed E-state index contributed by atoms with van der Waals surface area (Å²) in [7, 11) is 0. The molecule has 27 heavy (non-hydrogen) atoms. The summed E-state index contributed by atoms with van der Waals surface area (Å²) in [6, 6.07) is 15.2. The molecule has 1 aromatic heterocycles. The summed E-state index contributed by atoms with van der Waals surface area (Å²) in [5.74, 6) is -0.577. The summed E-state index contributed by atoms with van der Waals surface area (Å²) in [5.41, 5.74) is 4.17. The Morgan fingerprint density at radius 2 is 1.96 bits per heavy atom. The number of hydrogen-bond donors (Lipinski definition) is 1. The molecule has 0 radical (unpaired) electrons. The SMILES string of the molecule is CC[C@H](CNC(=O)[C@H](C)OC(=O)c1ccc2ncsc2c1)c1ccccc1. The van der Waals surface area contributed by atoms with E-state index in [1.165, 1.54) is 16.9 Å². The fraction of sp³-hybridized carbons (Fsp3) is 0.286. The molecular weight excluding hydrogens is 360 g/mol. The largest absolute Gasteiger partial charge is 0.449 e. The van der Waals surface area contributed by atoms with Crippen molar-refractivity contribution in [3.8, 4) is 0 Å². The molecule has 0 saturated heterocycles. The van der Waals surface area contributed by atoms with Crippen LogP contribution < -0.4 is 5.32 Å². The van der Waals surface area contributed by atoms with Crippen molar-refractivity contribution in [1.82, 2.24) is 10.3 Å². The maximum Gasteiger partial charge on any atom is 0.338 e. The summed E-state index contributed by atoms with van der Waals surface area (Å²) in [6.45, 7) is 4.18. The molecule has 0 aliphatic rings. The molecule has 0 fully saturated rings. The lowest BCUT2D eigenvalue weighted by molar-refractivity contribution is -0.129. The highest BCUT2D eigenvalue weighted by Crippen LogP contribution is 2.20. The molecule has 2 aromatic carbocycles. The number of nitrogens with one attached hydrogen (secondary N) is 1. The van der Waals surface area contributed by atoms with Crippen LogP contribution in [0.5, 0.6) is 0 Å². The lowest BCUT2D eigenvalue weighted by atomic mass is 9.96. The molecule has 0 aliphatic carbocycles. The Morgan fingerprint density at radius 1 is 1.19 bits per heavy atom. The zero-order chi connectivity index (χ0) is 19.2. The molecule has 3 rings (SSSR count). The lowest BCUT2D eigenvalue weighted by Crippen LogP contribution is -2.38. The van der Waals surface area contributed by atoms with Crippen molar-refractivity contribution in [3.63, 3.8) is 0 Å². The van der Waals surface area contributed by atoms with Crippen LogP contribution in [0.25, 0.3) is 10.2 Å². The van der Waals surface area contributed by atoms with Gasteiger partial charge in [0.15, 0.2) is 6.10 Å². The highest BCUT2D eigenvalue weighted by Gasteiger charge is 2.20. The molecule has 0 aliphatic heterocycles. The molecule has 0 bridgehead atoms. The number of ether oxygens (including phenoxy) is 1. The molecular formula is C21H22N2O3S. The van der Waals surface area contributed by atoms with Crippen molar-refractivity contribution in [3.05, 3.63) is 65.2 Å². The first-order valence-electron chi connectivity index (χ1n) is 8.95. The van der Waals surface area contributed by atoms with Gasteiger partial charge in [-0.05, 0) is 37.1 Å². The minimum Gasteiger partial charge on any atom is -0.449 e. The number of hydrogen-bond acceptors (Lipinski definition) is 5. The molecule has 6 heteroatoms. The first-order chi connectivity index (χ1) is 13.1. The Bertz CT molecular complexity index is 923. The van der Waals surface area contributed by atoms with Crippen LogP contribution in [-0.2, 0) is 9.53 Å². The van der Waals surface area contributed by atoms with Gasteiger partial charge < -0.3 is 10.1 Å². The van der Waals surface area contributed by atoms with Crippen molar-refractivity contribution in [2.75, 3.05) is 6.54 Å². The van der Waals surface area contributed by atoms with Gasteiger partial charge >= 0.3 is 5.97 Å². The van der Waals surface area contributed by atoms with Crippen LogP contribution in [0.15, 0.2) is 54.0 Å². The van der Waals surface area contributed by atoms with E-state index in [1.54, 1.807) is 30.6 Å². The van der Waals surface area contributed by atoms with Gasteiger partial charge in [-0.2, -0.15) is 0 Å². The maximum atomic E-state index is 12.3. The van der Waals surface area contributed by atoms with Crippen LogP contribution in [0.3, 0.4) is 0 Å². The quantitative estimate of drug-likeness (QED) is 0.623. The van der Waals surface area contributed by atoms with E-state index in [2.05, 4.69) is 29.4 Å². The van der Waals surface area contributed by atoms with E-state index >= 15 is 0 Å². The number of esters is 1. The summed E-state index contributed by atoms with van der Waals surface area (Å²) in [4.78, 5) is 28.8. The van der Waals surface area contributed by atoms with E-state index in [9.17, 15) is 9.59 Å². The Kier molecular flexibility index (Phi) is 6.19. The number of rotatable bonds is 7. The molecule has 1 heterocycles. The molecule has 5 nitrogen and oxygen atoms in total. The van der Waals surface area contributed by atoms with Crippen molar-refractivity contribution in [1.29, 1.82) is 0 Å². The first-order valence-corrected chi connectivity index (χ1v) is 9.83. The number of benzene rings is 2. The standard InChI is InChI=1S/C21H22N2O3S/c1-3-15(16-7-5-4-6-8-16)12-22-20(24)14(2)26-21(25)17-9-10-18-19(11-17)27-13-23-18/h4-11,13-15H,3,12H2,1-2H3,(H,22,24)/t14-,15+/m0/s1. The molecule has 3 aromatic rings. The second kappa shape index (κ2) is 8.77. The highest BCUT2D eigenvalue weighted by atomic mass is 32.1. The number of carbonyl (C=O) groups excluding carboxylic acids is 2. The molecule has 0 unspecified atom stereocenters. The topological polar surface area (TPSA) is 68.3 Å². The number of amides is 1. The number of carbonyl (C=O) groups is 2. The number of aromatic nitrogens is 1. The van der Waals surface area contributed by atoms with E-state index in [0.717, 1.165) is 16.6 Å². The van der Waals surface area contributed by atoms with Crippen molar-refractivity contribution >= 4 is 33.4 Å². The summed E-state index contributed by atoms with van der Waals surface area (Å²) < 4.78 is 6.24. The molecule has 140 valence electrons. The number of thiazole rings is 1. The van der Waals surface area contributed by atoms with E-state index in [-0.39, 0.29) is 11.8 Å². The summed E-state index contributed by atoms with van der Waals surface area (Å²) >= 11 is 1.46. The van der Waals surface area contributed by atoms with Crippen LogP contribution in [0.2, 0.25) is 0 Å². The molecule has 0 saturated carbocycles. The fourth-order valence-corrected chi connectivity index (χ4v) is 3.57. The van der Waals surface area contributed by atoms with Crippen LogP contribution in [0.4, 0.5) is 0 Å². The minimum atomic E-state index is -0.858. The zero-order valence-corrected chi connectivity index (χ0v) is 16.2. The van der Waals surface area contributed by atoms with Crippen molar-refractivity contribution in [2.45, 2.75) is 32.3 Å². The first kappa shape index (κ1) is 19.0. The van der Waals surface area contributed by atoms with Gasteiger partial charge in [-0.3, -0.25) is 4.79 Å². The van der Waals surface area contributed by atoms with Crippen molar-refractivity contribution < 1.29 is 14.3 Å². The van der Waals surface area contributed by atoms with Gasteiger partial charge in [-0.25, -0.2) is 9.78 Å². The van der Waals surface area contributed by atoms with E-state index in [1.807, 2.05) is 18.2 Å². The summed E-state index contributed by atoms with van der Waals surface area (Å²) in [6.07, 6.45) is 0.0517. The molecule has 1 amide bonds. The lowest BCUT2D eigenvalue weighted by Gasteiger charge is -2.18. The Labute approximate surface area is 162 Å². The average molecular weight is 382 g/mol. The molecule has 0 spiro atoms. The van der Waals surface area contributed by atoms with Gasteiger partial charge in [-0.15, -0.1) is 11.3 Å². The Morgan fingerprint density at radius 3 is 2.70 bits per heavy atom. The van der Waals surface area contributed by atoms with Crippen LogP contribution in [-0.4, -0.2) is 29.5 Å². The third-order valence-electron chi connectivity index (χ3n) is 4.51. The number of nitrogens with zero attached hydrogens (tertiary/aromatic N) is 1. The van der Waals surface area contributed by atoms with Gasteiger partial charge in [0.2, 0.25) is 0 Å². The molecule has 2 atom stereocenters. The molecule has 1 N–H and O–H groups in total. The predicted octanol–water partition coefficient (Wildman–Crippen LogP) is 4.15. The smallest absolute Gasteiger partial charge is 0.338 e. The van der Waals surface area contributed by atoms with Gasteiger partial charge in [0.05, 0.1) is 21.3 Å². The van der Waals surface area contributed by atoms with Crippen LogP contribution in [0.1, 0.15) is 42.1 Å². The summed E-state index contributed by atoms with van der Waals surface area (Å²) in [5, 5.41) is 2.89. The zero-order valence-electron chi connectivity index (χ0n) is 15.3. The fourth-order valence-electron chi connectivity index (χ4n) is 2.85. The van der Waals surface area contributed by atoms with Gasteiger partial charge in [0.1, 0.15) is 0 Å². The van der Waals surface area contributed by atoms with E-state index in [0.29, 0.717) is 12.1 Å². The maximum absolute atomic E-state index is 12.3. The average Bonchev–Trinajstić information content (AvgIpc) is 3.16. The van der Waals surface area contributed by atoms with Gasteiger partial charge in [-0.1, -0.05) is 37.3 Å². The monoisotopic (exact) mass is 382 g/mol. The normalized spacial score (nSPS) is 13.1. The minimum absolute atomic E-state index is 0.229. The third-order valence-corrected chi connectivity index (χ3v) is 5.30. The van der Waals surface area contributed by atoms with Gasteiger partial charge in [0.25, 0.3) is 5.91 Å². The second-order valence-corrected chi connectivity index (χ2v) is 7.23. The highest BCUT2D eigenvalue weighted by molar-refractivity contribution is 7.16. The van der Waals surface area contributed by atoms with E-state index in [4.69, 9.17) is 4.74 Å². The predicted molar refractivity (Wildman–Crippen MR) is 107 cm³/mol. The van der Waals surface area contributed by atoms with Gasteiger partial charge in [0, 0.05) is 12.5 Å². The van der Waals surface area contributed by atoms with Crippen LogP contribution >= 0.6 is 11.3 Å². The Hall–Kier alpha value is -2.73. The number of fused-ring (bicyclic) bond motifs is 1. The Balaban J connectivity index is 1.55. The second-order valence-electron chi connectivity index (χ2n) is 6.34. The van der Waals surface area contributed by atoms with E-state index < -0.39 is 12.1 Å². The third kappa shape index (κ3) is 4.71. The van der Waals surface area contributed by atoms with Crippen molar-refractivity contribution in [2.24, 2.45) is 0 Å². The van der Waals surface area contributed by atoms with Crippen LogP contribution in [0, 0.1) is 0 Å².